The molecule has 2 aromatic rings. The van der Waals surface area contributed by atoms with E-state index in [1.807, 2.05) is 60.6 Å². The molecule has 156 valence electrons. The first-order valence-corrected chi connectivity index (χ1v) is 9.77. The number of ketones is 1. The van der Waals surface area contributed by atoms with E-state index in [2.05, 4.69) is 0 Å². The van der Waals surface area contributed by atoms with Crippen LogP contribution in [0.15, 0.2) is 42.5 Å². The van der Waals surface area contributed by atoms with E-state index in [4.69, 9.17) is 14.2 Å². The molecule has 2 aromatic carbocycles. The number of hydrogen-bond acceptors (Lipinski definition) is 4. The zero-order valence-electron chi connectivity index (χ0n) is 18.8. The van der Waals surface area contributed by atoms with Crippen molar-refractivity contribution in [2.45, 2.75) is 59.7 Å². The molecule has 4 nitrogen and oxygen atoms in total. The minimum absolute atomic E-state index is 0.0789. The molecule has 0 bridgehead atoms. The van der Waals surface area contributed by atoms with Crippen molar-refractivity contribution in [2.75, 3.05) is 7.11 Å². The standard InChI is InChI=1S/C25H32O4/c1-17-22(28-24(2,3)4)15-18(16-23(17)29-25(5,6)7)9-14-21(26)19-10-12-20(27-8)13-11-19/h9-16H,1-8H3/b14-9+. The summed E-state index contributed by atoms with van der Waals surface area (Å²) in [5.74, 6) is 2.13. The molecule has 0 saturated carbocycles. The second kappa shape index (κ2) is 8.73. The van der Waals surface area contributed by atoms with E-state index in [0.717, 1.165) is 28.4 Å². The lowest BCUT2D eigenvalue weighted by molar-refractivity contribution is 0.104. The van der Waals surface area contributed by atoms with Crippen LogP contribution in [0.1, 0.15) is 63.0 Å². The lowest BCUT2D eigenvalue weighted by Crippen LogP contribution is -2.25. The summed E-state index contributed by atoms with van der Waals surface area (Å²) in [6.07, 6.45) is 3.35. The van der Waals surface area contributed by atoms with Crippen molar-refractivity contribution in [3.8, 4) is 17.2 Å². The molecule has 0 aromatic heterocycles. The van der Waals surface area contributed by atoms with Gasteiger partial charge in [0.15, 0.2) is 5.78 Å². The Morgan fingerprint density at radius 2 is 1.34 bits per heavy atom. The number of methoxy groups -OCH3 is 1. The Kier molecular flexibility index (Phi) is 6.78. The average molecular weight is 397 g/mol. The van der Waals surface area contributed by atoms with Crippen molar-refractivity contribution in [1.82, 2.24) is 0 Å². The smallest absolute Gasteiger partial charge is 0.185 e. The van der Waals surface area contributed by atoms with Crippen molar-refractivity contribution in [2.24, 2.45) is 0 Å². The van der Waals surface area contributed by atoms with E-state index in [-0.39, 0.29) is 17.0 Å². The molecule has 0 aliphatic carbocycles. The maximum atomic E-state index is 12.5. The van der Waals surface area contributed by atoms with Crippen molar-refractivity contribution < 1.29 is 19.0 Å². The fourth-order valence-corrected chi connectivity index (χ4v) is 2.67. The highest BCUT2D eigenvalue weighted by molar-refractivity contribution is 6.06. The second-order valence-electron chi connectivity index (χ2n) is 9.00. The Hall–Kier alpha value is -2.75. The second-order valence-corrected chi connectivity index (χ2v) is 9.00. The van der Waals surface area contributed by atoms with Crippen molar-refractivity contribution in [3.05, 3.63) is 59.2 Å². The number of carbonyl (C=O) groups excluding carboxylic acids is 1. The van der Waals surface area contributed by atoms with E-state index in [1.54, 1.807) is 43.5 Å². The van der Waals surface area contributed by atoms with E-state index >= 15 is 0 Å². The van der Waals surface area contributed by atoms with Crippen LogP contribution in [0.5, 0.6) is 17.2 Å². The summed E-state index contributed by atoms with van der Waals surface area (Å²) in [4.78, 5) is 12.5. The number of hydrogen-bond donors (Lipinski definition) is 0. The molecule has 0 aliphatic heterocycles. The van der Waals surface area contributed by atoms with Crippen LogP contribution in [-0.4, -0.2) is 24.1 Å². The average Bonchev–Trinajstić information content (AvgIpc) is 2.61. The zero-order chi connectivity index (χ0) is 21.8. The molecule has 0 fully saturated rings. The number of allylic oxidation sites excluding steroid dienone is 1. The normalized spacial score (nSPS) is 12.1. The highest BCUT2D eigenvalue weighted by Crippen LogP contribution is 2.34. The van der Waals surface area contributed by atoms with Gasteiger partial charge in [0.05, 0.1) is 7.11 Å². The van der Waals surface area contributed by atoms with Crippen LogP contribution in [0.25, 0.3) is 6.08 Å². The third-order valence-corrected chi connectivity index (χ3v) is 3.97. The molecular formula is C25H32O4. The molecule has 0 unspecified atom stereocenters. The highest BCUT2D eigenvalue weighted by atomic mass is 16.5. The Bertz CT molecular complexity index is 842. The minimum atomic E-state index is -0.342. The van der Waals surface area contributed by atoms with Crippen LogP contribution < -0.4 is 14.2 Å². The minimum Gasteiger partial charge on any atom is -0.497 e. The van der Waals surface area contributed by atoms with Crippen molar-refractivity contribution in [3.63, 3.8) is 0 Å². The summed E-state index contributed by atoms with van der Waals surface area (Å²) >= 11 is 0. The molecular weight excluding hydrogens is 364 g/mol. The van der Waals surface area contributed by atoms with Crippen molar-refractivity contribution in [1.29, 1.82) is 0 Å². The van der Waals surface area contributed by atoms with E-state index in [0.29, 0.717) is 5.56 Å². The predicted molar refractivity (Wildman–Crippen MR) is 118 cm³/mol. The third kappa shape index (κ3) is 6.97. The topological polar surface area (TPSA) is 44.8 Å². The van der Waals surface area contributed by atoms with Gasteiger partial charge in [0, 0.05) is 11.1 Å². The molecule has 0 radical (unpaired) electrons. The Morgan fingerprint density at radius 1 is 0.862 bits per heavy atom. The van der Waals surface area contributed by atoms with Gasteiger partial charge in [0.2, 0.25) is 0 Å². The van der Waals surface area contributed by atoms with Crippen LogP contribution in [0.4, 0.5) is 0 Å². The Labute approximate surface area is 174 Å². The highest BCUT2D eigenvalue weighted by Gasteiger charge is 2.19. The van der Waals surface area contributed by atoms with E-state index in [1.165, 1.54) is 0 Å². The largest absolute Gasteiger partial charge is 0.497 e. The molecule has 0 aliphatic rings. The van der Waals surface area contributed by atoms with Gasteiger partial charge in [-0.05, 0) is 96.5 Å². The third-order valence-electron chi connectivity index (χ3n) is 3.97. The van der Waals surface area contributed by atoms with Crippen LogP contribution in [0.3, 0.4) is 0 Å². The van der Waals surface area contributed by atoms with Gasteiger partial charge < -0.3 is 14.2 Å². The Balaban J connectivity index is 2.36. The van der Waals surface area contributed by atoms with Gasteiger partial charge in [0.25, 0.3) is 0 Å². The van der Waals surface area contributed by atoms with Gasteiger partial charge in [-0.25, -0.2) is 0 Å². The van der Waals surface area contributed by atoms with Crippen LogP contribution >= 0.6 is 0 Å². The molecule has 0 saturated heterocycles. The molecule has 4 heteroatoms. The summed E-state index contributed by atoms with van der Waals surface area (Å²) in [7, 11) is 1.60. The van der Waals surface area contributed by atoms with Gasteiger partial charge in [-0.2, -0.15) is 0 Å². The molecule has 29 heavy (non-hydrogen) atoms. The monoisotopic (exact) mass is 396 g/mol. The maximum absolute atomic E-state index is 12.5. The van der Waals surface area contributed by atoms with Gasteiger partial charge in [0.1, 0.15) is 28.5 Å². The van der Waals surface area contributed by atoms with Crippen LogP contribution in [-0.2, 0) is 0 Å². The maximum Gasteiger partial charge on any atom is 0.185 e. The summed E-state index contributed by atoms with van der Waals surface area (Å²) in [6, 6.07) is 10.9. The molecule has 2 rings (SSSR count). The van der Waals surface area contributed by atoms with Crippen molar-refractivity contribution >= 4 is 11.9 Å². The van der Waals surface area contributed by atoms with Gasteiger partial charge in [-0.15, -0.1) is 0 Å². The number of benzene rings is 2. The molecule has 0 atom stereocenters. The zero-order valence-corrected chi connectivity index (χ0v) is 18.8. The molecule has 0 N–H and O–H groups in total. The van der Waals surface area contributed by atoms with Gasteiger partial charge >= 0.3 is 0 Å². The molecule has 0 amide bonds. The fourth-order valence-electron chi connectivity index (χ4n) is 2.67. The first-order chi connectivity index (χ1) is 13.4. The van der Waals surface area contributed by atoms with Gasteiger partial charge in [-0.3, -0.25) is 4.79 Å². The van der Waals surface area contributed by atoms with Gasteiger partial charge in [-0.1, -0.05) is 6.08 Å². The van der Waals surface area contributed by atoms with E-state index in [9.17, 15) is 4.79 Å². The van der Waals surface area contributed by atoms with E-state index < -0.39 is 0 Å². The first kappa shape index (κ1) is 22.5. The SMILES string of the molecule is COc1ccc(C(=O)/C=C/c2cc(OC(C)(C)C)c(C)c(OC(C)(C)C)c2)cc1. The number of rotatable bonds is 6. The number of ether oxygens (including phenoxy) is 3. The van der Waals surface area contributed by atoms with Crippen LogP contribution in [0, 0.1) is 6.92 Å². The Morgan fingerprint density at radius 3 is 1.76 bits per heavy atom. The summed E-state index contributed by atoms with van der Waals surface area (Å²) in [5.41, 5.74) is 1.70. The van der Waals surface area contributed by atoms with Crippen LogP contribution in [0.2, 0.25) is 0 Å². The molecule has 0 heterocycles. The summed E-state index contributed by atoms with van der Waals surface area (Å²) in [6.45, 7) is 14.0. The predicted octanol–water partition coefficient (Wildman–Crippen LogP) is 6.25. The fraction of sp³-hybridized carbons (Fsp3) is 0.400. The lowest BCUT2D eigenvalue weighted by atomic mass is 10.1. The summed E-state index contributed by atoms with van der Waals surface area (Å²) in [5, 5.41) is 0. The first-order valence-electron chi connectivity index (χ1n) is 9.77. The summed E-state index contributed by atoms with van der Waals surface area (Å²) < 4.78 is 17.4. The lowest BCUT2D eigenvalue weighted by Gasteiger charge is -2.27. The molecule has 0 spiro atoms. The number of carbonyl (C=O) groups is 1. The quantitative estimate of drug-likeness (QED) is 0.427.